The molecule has 2 N–H and O–H groups in total. The zero-order chi connectivity index (χ0) is 26.7. The Morgan fingerprint density at radius 3 is 2.59 bits per heavy atom. The van der Waals surface area contributed by atoms with Gasteiger partial charge in [-0.2, -0.15) is 0 Å². The number of fused-ring (bicyclic) bond motifs is 8. The molecule has 4 atom stereocenters. The van der Waals surface area contributed by atoms with Crippen LogP contribution >= 0.6 is 0 Å². The summed E-state index contributed by atoms with van der Waals surface area (Å²) in [5.41, 5.74) is 2.68. The standard InChI is InChI=1S/C32H27N3O4/c1-17-13-14-21-27(18(17)2)34-30(38)32(21)31(20-9-4-5-10-22(20)33-29(31)37)26(23-11-7-15-35(23)32)28(36)25-16-19-8-3-6-12-24(19)39-25/h3-6,8-10,12-14,16,23,26H,7,11,15H2,1-2H3,(H,33,37)(H,34,38). The van der Waals surface area contributed by atoms with Gasteiger partial charge in [0.15, 0.2) is 5.76 Å². The first kappa shape index (κ1) is 22.7. The van der Waals surface area contributed by atoms with Gasteiger partial charge in [-0.1, -0.05) is 48.5 Å². The number of rotatable bonds is 2. The summed E-state index contributed by atoms with van der Waals surface area (Å²) in [6, 6.07) is 20.5. The van der Waals surface area contributed by atoms with E-state index in [9.17, 15) is 14.4 Å². The van der Waals surface area contributed by atoms with Crippen molar-refractivity contribution in [2.45, 2.75) is 43.7 Å². The third-order valence-corrected chi connectivity index (χ3v) is 9.75. The monoisotopic (exact) mass is 517 g/mol. The molecule has 2 saturated heterocycles. The molecule has 7 heteroatoms. The summed E-state index contributed by atoms with van der Waals surface area (Å²) in [4.78, 5) is 46.0. The summed E-state index contributed by atoms with van der Waals surface area (Å²) in [5.74, 6) is -1.39. The number of ketones is 1. The third-order valence-electron chi connectivity index (χ3n) is 9.75. The van der Waals surface area contributed by atoms with Crippen LogP contribution in [-0.4, -0.2) is 35.1 Å². The van der Waals surface area contributed by atoms with Crippen molar-refractivity contribution in [1.29, 1.82) is 0 Å². The number of nitrogens with zero attached hydrogens (tertiary/aromatic N) is 1. The summed E-state index contributed by atoms with van der Waals surface area (Å²) >= 11 is 0. The Kier molecular flexibility index (Phi) is 4.34. The molecule has 4 aliphatic rings. The molecular weight excluding hydrogens is 490 g/mol. The van der Waals surface area contributed by atoms with Crippen molar-refractivity contribution in [3.05, 3.63) is 94.7 Å². The van der Waals surface area contributed by atoms with Crippen LogP contribution in [0.5, 0.6) is 0 Å². The smallest absolute Gasteiger partial charge is 0.251 e. The maximum absolute atomic E-state index is 14.7. The normalized spacial score (nSPS) is 28.7. The van der Waals surface area contributed by atoms with Crippen molar-refractivity contribution in [3.8, 4) is 0 Å². The van der Waals surface area contributed by atoms with Gasteiger partial charge in [0, 0.05) is 28.4 Å². The highest BCUT2D eigenvalue weighted by Gasteiger charge is 2.81. The molecule has 4 aliphatic heterocycles. The predicted molar refractivity (Wildman–Crippen MR) is 147 cm³/mol. The molecule has 5 heterocycles. The highest BCUT2D eigenvalue weighted by atomic mass is 16.3. The zero-order valence-corrected chi connectivity index (χ0v) is 21.7. The molecule has 8 rings (SSSR count). The van der Waals surface area contributed by atoms with E-state index < -0.39 is 16.9 Å². The van der Waals surface area contributed by atoms with Gasteiger partial charge < -0.3 is 15.1 Å². The lowest BCUT2D eigenvalue weighted by Gasteiger charge is -2.43. The molecule has 0 saturated carbocycles. The Hall–Kier alpha value is -4.23. The second-order valence-electron chi connectivity index (χ2n) is 11.3. The van der Waals surface area contributed by atoms with E-state index in [1.54, 1.807) is 6.07 Å². The SMILES string of the molecule is Cc1ccc2c(c1C)NC(=O)C21N2CCCC2C(C(=O)c2cc3ccccc3o2)C12C(=O)Nc1ccccc12. The molecule has 1 aromatic heterocycles. The van der Waals surface area contributed by atoms with Gasteiger partial charge in [0.2, 0.25) is 11.7 Å². The third kappa shape index (κ3) is 2.46. The molecular formula is C32H27N3O4. The van der Waals surface area contributed by atoms with Gasteiger partial charge in [-0.05, 0) is 68.1 Å². The lowest BCUT2D eigenvalue weighted by molar-refractivity contribution is -0.137. The van der Waals surface area contributed by atoms with Crippen LogP contribution in [0, 0.1) is 19.8 Å². The minimum Gasteiger partial charge on any atom is -0.453 e. The van der Waals surface area contributed by atoms with Crippen molar-refractivity contribution in [2.24, 2.45) is 5.92 Å². The average Bonchev–Trinajstić information content (AvgIpc) is 3.72. The Bertz CT molecular complexity index is 1740. The fourth-order valence-corrected chi connectivity index (χ4v) is 8.15. The number of furan rings is 1. The number of benzene rings is 3. The Morgan fingerprint density at radius 2 is 1.74 bits per heavy atom. The van der Waals surface area contributed by atoms with Gasteiger partial charge in [-0.25, -0.2) is 0 Å². The van der Waals surface area contributed by atoms with Gasteiger partial charge in [-0.3, -0.25) is 19.3 Å². The Morgan fingerprint density at radius 1 is 0.949 bits per heavy atom. The number of hydrogen-bond acceptors (Lipinski definition) is 5. The largest absolute Gasteiger partial charge is 0.453 e. The quantitative estimate of drug-likeness (QED) is 0.363. The molecule has 2 spiro atoms. The predicted octanol–water partition coefficient (Wildman–Crippen LogP) is 5.06. The van der Waals surface area contributed by atoms with Crippen molar-refractivity contribution in [3.63, 3.8) is 0 Å². The highest BCUT2D eigenvalue weighted by molar-refractivity contribution is 6.21. The molecule has 4 unspecified atom stereocenters. The zero-order valence-electron chi connectivity index (χ0n) is 21.7. The number of carbonyl (C=O) groups excluding carboxylic acids is 3. The molecule has 194 valence electrons. The van der Waals surface area contributed by atoms with Crippen LogP contribution in [0.25, 0.3) is 11.0 Å². The molecule has 2 amide bonds. The topological polar surface area (TPSA) is 91.7 Å². The van der Waals surface area contributed by atoms with Crippen LogP contribution in [0.2, 0.25) is 0 Å². The summed E-state index contributed by atoms with van der Waals surface area (Å²) in [7, 11) is 0. The van der Waals surface area contributed by atoms with Crippen molar-refractivity contribution in [2.75, 3.05) is 17.2 Å². The first-order valence-corrected chi connectivity index (χ1v) is 13.5. The van der Waals surface area contributed by atoms with Crippen molar-refractivity contribution in [1.82, 2.24) is 4.90 Å². The van der Waals surface area contributed by atoms with Crippen LogP contribution in [0.1, 0.15) is 45.7 Å². The van der Waals surface area contributed by atoms with Gasteiger partial charge in [0.25, 0.3) is 5.91 Å². The molecule has 4 aromatic rings. The highest BCUT2D eigenvalue weighted by Crippen LogP contribution is 2.68. The number of para-hydroxylation sites is 2. The van der Waals surface area contributed by atoms with Crippen LogP contribution in [0.4, 0.5) is 11.4 Å². The lowest BCUT2D eigenvalue weighted by Crippen LogP contribution is -2.62. The number of hydrogen-bond donors (Lipinski definition) is 2. The average molecular weight is 518 g/mol. The lowest BCUT2D eigenvalue weighted by atomic mass is 9.57. The molecule has 3 aromatic carbocycles. The van der Waals surface area contributed by atoms with Gasteiger partial charge in [0.1, 0.15) is 16.5 Å². The Labute approximate surface area is 225 Å². The number of anilines is 2. The molecule has 7 nitrogen and oxygen atoms in total. The first-order chi connectivity index (χ1) is 18.9. The minimum atomic E-state index is -1.47. The van der Waals surface area contributed by atoms with E-state index in [-0.39, 0.29) is 29.4 Å². The van der Waals surface area contributed by atoms with Crippen LogP contribution < -0.4 is 10.6 Å². The van der Waals surface area contributed by atoms with Crippen LogP contribution in [0.3, 0.4) is 0 Å². The Balaban J connectivity index is 1.47. The van der Waals surface area contributed by atoms with Crippen LogP contribution in [-0.2, 0) is 20.5 Å². The fraction of sp³-hybridized carbons (Fsp3) is 0.281. The van der Waals surface area contributed by atoms with E-state index in [0.29, 0.717) is 29.8 Å². The van der Waals surface area contributed by atoms with E-state index in [4.69, 9.17) is 4.42 Å². The summed E-state index contributed by atoms with van der Waals surface area (Å²) < 4.78 is 6.10. The molecule has 0 bridgehead atoms. The van der Waals surface area contributed by atoms with Crippen molar-refractivity contribution >= 4 is 39.9 Å². The van der Waals surface area contributed by atoms with Crippen LogP contribution in [0.15, 0.2) is 71.1 Å². The minimum absolute atomic E-state index is 0.223. The first-order valence-electron chi connectivity index (χ1n) is 13.5. The van der Waals surface area contributed by atoms with Crippen molar-refractivity contribution < 1.29 is 18.8 Å². The molecule has 39 heavy (non-hydrogen) atoms. The molecule has 0 aliphatic carbocycles. The van der Waals surface area contributed by atoms with E-state index in [0.717, 1.165) is 34.2 Å². The van der Waals surface area contributed by atoms with Gasteiger partial charge in [-0.15, -0.1) is 0 Å². The molecule has 2 fully saturated rings. The van der Waals surface area contributed by atoms with E-state index >= 15 is 0 Å². The number of amides is 2. The van der Waals surface area contributed by atoms with E-state index in [1.165, 1.54) is 0 Å². The second kappa shape index (κ2) is 7.45. The van der Waals surface area contributed by atoms with E-state index in [2.05, 4.69) is 15.5 Å². The number of nitrogens with one attached hydrogen (secondary N) is 2. The summed E-state index contributed by atoms with van der Waals surface area (Å²) in [5, 5.41) is 7.09. The maximum Gasteiger partial charge on any atom is 0.251 e. The summed E-state index contributed by atoms with van der Waals surface area (Å²) in [6.45, 7) is 4.63. The molecule has 0 radical (unpaired) electrons. The van der Waals surface area contributed by atoms with Gasteiger partial charge >= 0.3 is 0 Å². The van der Waals surface area contributed by atoms with Gasteiger partial charge in [0.05, 0.1) is 5.92 Å². The van der Waals surface area contributed by atoms with E-state index in [1.807, 2.05) is 74.5 Å². The number of carbonyl (C=O) groups is 3. The number of Topliss-reactive ketones (excluding diaryl/α,β-unsaturated/α-hetero) is 1. The summed E-state index contributed by atoms with van der Waals surface area (Å²) in [6.07, 6.45) is 1.55. The second-order valence-corrected chi connectivity index (χ2v) is 11.3. The maximum atomic E-state index is 14.7. The fourth-order valence-electron chi connectivity index (χ4n) is 8.15. The number of aryl methyl sites for hydroxylation is 1.